The van der Waals surface area contributed by atoms with Gasteiger partial charge in [0.05, 0.1) is 7.11 Å². The van der Waals surface area contributed by atoms with E-state index in [0.717, 1.165) is 38.5 Å². The summed E-state index contributed by atoms with van der Waals surface area (Å²) in [5, 5.41) is 2.65. The lowest BCUT2D eigenvalue weighted by molar-refractivity contribution is -0.161. The summed E-state index contributed by atoms with van der Waals surface area (Å²) in [6, 6.07) is 0. The Morgan fingerprint density at radius 2 is 0.962 bits per heavy atom. The molecule has 52 heavy (non-hydrogen) atoms. The van der Waals surface area contributed by atoms with E-state index in [1.54, 1.807) is 6.92 Å². The van der Waals surface area contributed by atoms with Gasteiger partial charge in [0, 0.05) is 25.8 Å². The third-order valence-corrected chi connectivity index (χ3v) is 10.8. The summed E-state index contributed by atoms with van der Waals surface area (Å²) >= 11 is 0. The molecule has 2 atom stereocenters. The van der Waals surface area contributed by atoms with E-state index in [4.69, 9.17) is 23.0 Å². The molecule has 0 heterocycles. The van der Waals surface area contributed by atoms with Crippen LogP contribution in [0.15, 0.2) is 0 Å². The predicted octanol–water partition coefficient (Wildman–Crippen LogP) is 11.3. The molecule has 1 amide bonds. The largest absolute Gasteiger partial charge is 0.572 e. The zero-order valence-electron chi connectivity index (χ0n) is 34.1. The van der Waals surface area contributed by atoms with Crippen molar-refractivity contribution in [1.29, 1.82) is 0 Å². The van der Waals surface area contributed by atoms with E-state index < -0.39 is 20.2 Å². The summed E-state index contributed by atoms with van der Waals surface area (Å²) < 4.78 is 27.2. The standard InChI is InChI=1S/C41H80NO9P/c1-5-8-10-12-14-16-18-20-22-24-26-28-30-32-40(44)48-36-38(37-50-52(46,47-4)49-35-34-42-39(43)7-3)51-41(45)33-31-29-27-25-23-21-19-17-15-13-11-9-6-2/h38,46H,5-37H2,1-4H3/p+1. The quantitative estimate of drug-likeness (QED) is 0.0356. The zero-order chi connectivity index (χ0) is 38.4. The molecule has 0 aliphatic carbocycles. The van der Waals surface area contributed by atoms with Gasteiger partial charge in [-0.15, -0.1) is 4.52 Å². The number of carbonyl (C=O) groups is 3. The van der Waals surface area contributed by atoms with Crippen LogP contribution in [0.3, 0.4) is 0 Å². The monoisotopic (exact) mass is 763 g/mol. The van der Waals surface area contributed by atoms with E-state index in [-0.39, 0.29) is 44.7 Å². The normalized spacial score (nSPS) is 13.1. The fourth-order valence-electron chi connectivity index (χ4n) is 5.99. The maximum Gasteiger partial charge on any atom is 0.572 e. The first-order valence-electron chi connectivity index (χ1n) is 21.4. The van der Waals surface area contributed by atoms with Crippen molar-refractivity contribution in [3.63, 3.8) is 0 Å². The van der Waals surface area contributed by atoms with Crippen molar-refractivity contribution < 1.29 is 42.3 Å². The first kappa shape index (κ1) is 50.7. The first-order valence-corrected chi connectivity index (χ1v) is 22.9. The van der Waals surface area contributed by atoms with Gasteiger partial charge in [0.15, 0.2) is 6.10 Å². The van der Waals surface area contributed by atoms with Gasteiger partial charge in [-0.2, -0.15) is 13.9 Å². The van der Waals surface area contributed by atoms with Crippen LogP contribution in [0.4, 0.5) is 0 Å². The molecule has 0 aliphatic heterocycles. The summed E-state index contributed by atoms with van der Waals surface area (Å²) in [5.41, 5.74) is 0. The zero-order valence-corrected chi connectivity index (χ0v) is 35.0. The molecule has 308 valence electrons. The highest BCUT2D eigenvalue weighted by molar-refractivity contribution is 7.55. The van der Waals surface area contributed by atoms with E-state index in [1.807, 2.05) is 0 Å². The molecule has 0 aromatic rings. The minimum atomic E-state index is -3.74. The lowest BCUT2D eigenvalue weighted by Gasteiger charge is -2.19. The maximum atomic E-state index is 12.7. The van der Waals surface area contributed by atoms with Crippen LogP contribution in [0, 0.1) is 0 Å². The van der Waals surface area contributed by atoms with E-state index >= 15 is 0 Å². The summed E-state index contributed by atoms with van der Waals surface area (Å²) in [6.45, 7) is 5.94. The van der Waals surface area contributed by atoms with Crippen LogP contribution < -0.4 is 5.32 Å². The minimum Gasteiger partial charge on any atom is -0.462 e. The Kier molecular flexibility index (Phi) is 37.0. The van der Waals surface area contributed by atoms with E-state index in [2.05, 4.69) is 19.2 Å². The van der Waals surface area contributed by atoms with Gasteiger partial charge >= 0.3 is 20.1 Å². The van der Waals surface area contributed by atoms with Crippen LogP contribution >= 0.6 is 8.17 Å². The van der Waals surface area contributed by atoms with Gasteiger partial charge < -0.3 is 14.8 Å². The second-order valence-electron chi connectivity index (χ2n) is 14.3. The van der Waals surface area contributed by atoms with Crippen molar-refractivity contribution in [1.82, 2.24) is 5.32 Å². The minimum absolute atomic E-state index is 0.0263. The number of hydrogen-bond acceptors (Lipinski definition) is 9. The fraction of sp³-hybridized carbons (Fsp3) is 0.927. The van der Waals surface area contributed by atoms with Crippen molar-refractivity contribution in [3.8, 4) is 0 Å². The molecule has 0 spiro atoms. The molecule has 2 N–H and O–H groups in total. The average molecular weight is 763 g/mol. The number of rotatable bonds is 40. The predicted molar refractivity (Wildman–Crippen MR) is 213 cm³/mol. The molecule has 10 nitrogen and oxygen atoms in total. The summed E-state index contributed by atoms with van der Waals surface area (Å²) in [4.78, 5) is 47.4. The molecule has 0 saturated carbocycles. The Labute approximate surface area is 319 Å². The molecule has 0 saturated heterocycles. The van der Waals surface area contributed by atoms with Gasteiger partial charge in [0.2, 0.25) is 5.91 Å². The highest BCUT2D eigenvalue weighted by Gasteiger charge is 2.44. The molecule has 0 aliphatic rings. The van der Waals surface area contributed by atoms with Gasteiger partial charge in [0.25, 0.3) is 0 Å². The third kappa shape index (κ3) is 34.4. The second kappa shape index (κ2) is 38.0. The van der Waals surface area contributed by atoms with Gasteiger partial charge in [-0.05, 0) is 12.8 Å². The van der Waals surface area contributed by atoms with E-state index in [9.17, 15) is 19.3 Å². The van der Waals surface area contributed by atoms with Gasteiger partial charge in [-0.25, -0.2) is 0 Å². The topological polar surface area (TPSA) is 130 Å². The number of esters is 2. The van der Waals surface area contributed by atoms with Crippen LogP contribution in [0.25, 0.3) is 0 Å². The van der Waals surface area contributed by atoms with Crippen LogP contribution in [0.5, 0.6) is 0 Å². The highest BCUT2D eigenvalue weighted by atomic mass is 31.2. The lowest BCUT2D eigenvalue weighted by atomic mass is 10.0. The van der Waals surface area contributed by atoms with Gasteiger partial charge in [-0.1, -0.05) is 175 Å². The van der Waals surface area contributed by atoms with Crippen molar-refractivity contribution in [3.05, 3.63) is 0 Å². The number of nitrogens with one attached hydrogen (secondary N) is 1. The molecule has 0 bridgehead atoms. The summed E-state index contributed by atoms with van der Waals surface area (Å²) in [5.74, 6) is -0.882. The Bertz CT molecular complexity index is 834. The van der Waals surface area contributed by atoms with Crippen molar-refractivity contribution >= 4 is 26.0 Å². The second-order valence-corrected chi connectivity index (χ2v) is 16.1. The molecule has 11 heteroatoms. The van der Waals surface area contributed by atoms with E-state index in [0.29, 0.717) is 12.8 Å². The number of ether oxygens (including phenoxy) is 2. The van der Waals surface area contributed by atoms with Crippen molar-refractivity contribution in [2.75, 3.05) is 33.5 Å². The number of hydrogen-bond donors (Lipinski definition) is 2. The Morgan fingerprint density at radius 3 is 1.37 bits per heavy atom. The molecule has 0 aromatic heterocycles. The number of unbranched alkanes of at least 4 members (excludes halogenated alkanes) is 24. The van der Waals surface area contributed by atoms with Crippen LogP contribution in [-0.2, 0) is 37.4 Å². The van der Waals surface area contributed by atoms with Gasteiger partial charge in [0.1, 0.15) is 19.8 Å². The third-order valence-electron chi connectivity index (χ3n) is 9.35. The van der Waals surface area contributed by atoms with Crippen molar-refractivity contribution in [2.24, 2.45) is 0 Å². The summed E-state index contributed by atoms with van der Waals surface area (Å²) in [7, 11) is -2.49. The van der Waals surface area contributed by atoms with Crippen LogP contribution in [0.2, 0.25) is 0 Å². The molecule has 0 radical (unpaired) electrons. The lowest BCUT2D eigenvalue weighted by Crippen LogP contribution is -2.30. The Balaban J connectivity index is 4.49. The highest BCUT2D eigenvalue weighted by Crippen LogP contribution is 2.57. The molecule has 2 unspecified atom stereocenters. The van der Waals surface area contributed by atoms with Crippen LogP contribution in [-0.4, -0.2) is 62.3 Å². The molecular weight excluding hydrogens is 681 g/mol. The summed E-state index contributed by atoms with van der Waals surface area (Å²) in [6.07, 6.45) is 31.8. The molecule has 0 rings (SSSR count). The SMILES string of the molecule is CCCCCCCCCCCCCCCC(=O)OCC(CO[P+](O)(OC)OCCNC(=O)CC)OC(=O)CCCCCCCCCCCCCCC. The molecular formula is C41H81NO9P+. The fourth-order valence-corrected chi connectivity index (χ4v) is 6.95. The Morgan fingerprint density at radius 1 is 0.558 bits per heavy atom. The number of amides is 1. The van der Waals surface area contributed by atoms with Gasteiger partial charge in [-0.3, -0.25) is 14.4 Å². The first-order chi connectivity index (χ1) is 25.3. The van der Waals surface area contributed by atoms with Crippen LogP contribution in [0.1, 0.15) is 207 Å². The Hall–Kier alpha value is -1.32. The average Bonchev–Trinajstić information content (AvgIpc) is 3.14. The smallest absolute Gasteiger partial charge is 0.462 e. The van der Waals surface area contributed by atoms with E-state index in [1.165, 1.54) is 136 Å². The molecule has 0 fully saturated rings. The molecule has 0 aromatic carbocycles. The maximum absolute atomic E-state index is 12.7. The number of carbonyl (C=O) groups excluding carboxylic acids is 3. The van der Waals surface area contributed by atoms with Crippen molar-refractivity contribution in [2.45, 2.75) is 213 Å².